The highest BCUT2D eigenvalue weighted by Crippen LogP contribution is 2.31. The number of carbonyl (C=O) groups excluding carboxylic acids is 1. The van der Waals surface area contributed by atoms with Crippen LogP contribution in [0.25, 0.3) is 11.0 Å². The van der Waals surface area contributed by atoms with E-state index in [2.05, 4.69) is 10.3 Å². The molecule has 1 aromatic heterocycles. The van der Waals surface area contributed by atoms with E-state index in [-0.39, 0.29) is 17.3 Å². The van der Waals surface area contributed by atoms with Gasteiger partial charge in [-0.2, -0.15) is 0 Å². The minimum absolute atomic E-state index is 0.132. The summed E-state index contributed by atoms with van der Waals surface area (Å²) >= 11 is 1.31. The zero-order valence-corrected chi connectivity index (χ0v) is 17.6. The van der Waals surface area contributed by atoms with Crippen LogP contribution in [-0.2, 0) is 16.1 Å². The van der Waals surface area contributed by atoms with E-state index >= 15 is 0 Å². The molecule has 0 aliphatic heterocycles. The molecule has 3 aromatic rings. The lowest BCUT2D eigenvalue weighted by Crippen LogP contribution is -2.23. The molecule has 0 saturated heterocycles. The maximum absolute atomic E-state index is 12.8. The van der Waals surface area contributed by atoms with Gasteiger partial charge in [-0.05, 0) is 25.1 Å². The fraction of sp³-hybridized carbons (Fsp3) is 0.300. The van der Waals surface area contributed by atoms with E-state index in [9.17, 15) is 14.9 Å². The summed E-state index contributed by atoms with van der Waals surface area (Å²) in [5, 5.41) is 14.0. The molecule has 158 valence electrons. The number of aromatic nitrogens is 2. The predicted octanol–water partition coefficient (Wildman–Crippen LogP) is 3.72. The Morgan fingerprint density at radius 1 is 1.30 bits per heavy atom. The molecule has 1 amide bonds. The van der Waals surface area contributed by atoms with Crippen LogP contribution in [0.3, 0.4) is 0 Å². The van der Waals surface area contributed by atoms with E-state index in [4.69, 9.17) is 9.47 Å². The minimum atomic E-state index is -0.522. The lowest BCUT2D eigenvalue weighted by Gasteiger charge is -2.15. The molecule has 9 nitrogen and oxygen atoms in total. The minimum Gasteiger partial charge on any atom is -0.495 e. The van der Waals surface area contributed by atoms with E-state index < -0.39 is 10.2 Å². The molecule has 1 N–H and O–H groups in total. The summed E-state index contributed by atoms with van der Waals surface area (Å²) in [6.07, 6.45) is 0. The van der Waals surface area contributed by atoms with Crippen LogP contribution in [-0.4, -0.2) is 46.5 Å². The maximum Gasteiger partial charge on any atom is 0.271 e. The van der Waals surface area contributed by atoms with Crippen molar-refractivity contribution >= 4 is 40.1 Å². The SMILES string of the molecule is COCCn1c(SC(C)C(=O)Nc2cc([N+](=O)[O-])ccc2OC)nc2ccccc21. The number of amides is 1. The smallest absolute Gasteiger partial charge is 0.271 e. The second-order valence-corrected chi connectivity index (χ2v) is 7.73. The lowest BCUT2D eigenvalue weighted by atomic mass is 10.2. The molecule has 1 heterocycles. The molecule has 0 saturated carbocycles. The number of benzene rings is 2. The fourth-order valence-electron chi connectivity index (χ4n) is 2.90. The van der Waals surface area contributed by atoms with Crippen LogP contribution < -0.4 is 10.1 Å². The molecule has 10 heteroatoms. The second-order valence-electron chi connectivity index (χ2n) is 6.42. The number of carbonyl (C=O) groups is 1. The normalized spacial score (nSPS) is 12.0. The van der Waals surface area contributed by atoms with Crippen molar-refractivity contribution in [2.75, 3.05) is 26.1 Å². The van der Waals surface area contributed by atoms with E-state index in [0.717, 1.165) is 11.0 Å². The summed E-state index contributed by atoms with van der Waals surface area (Å²) in [5.74, 6) is 0.0302. The van der Waals surface area contributed by atoms with Crippen LogP contribution in [0.5, 0.6) is 5.75 Å². The van der Waals surface area contributed by atoms with E-state index in [1.807, 2.05) is 28.8 Å². The van der Waals surface area contributed by atoms with Gasteiger partial charge in [0, 0.05) is 25.8 Å². The number of nitro benzene ring substituents is 1. The Morgan fingerprint density at radius 2 is 2.07 bits per heavy atom. The molecule has 3 rings (SSSR count). The van der Waals surface area contributed by atoms with Crippen molar-refractivity contribution in [2.24, 2.45) is 0 Å². The first kappa shape index (κ1) is 21.6. The van der Waals surface area contributed by atoms with Crippen molar-refractivity contribution in [1.29, 1.82) is 0 Å². The van der Waals surface area contributed by atoms with Crippen LogP contribution in [0.1, 0.15) is 6.92 Å². The van der Waals surface area contributed by atoms with Gasteiger partial charge in [0.25, 0.3) is 5.69 Å². The Labute approximate surface area is 177 Å². The third kappa shape index (κ3) is 4.71. The summed E-state index contributed by atoms with van der Waals surface area (Å²) in [5.41, 5.74) is 1.92. The summed E-state index contributed by atoms with van der Waals surface area (Å²) in [6.45, 7) is 2.87. The number of methoxy groups -OCH3 is 2. The molecule has 1 atom stereocenters. The molecule has 0 bridgehead atoms. The number of non-ortho nitro benzene ring substituents is 1. The molecule has 1 unspecified atom stereocenters. The van der Waals surface area contributed by atoms with Crippen LogP contribution >= 0.6 is 11.8 Å². The average molecular weight is 430 g/mol. The summed E-state index contributed by atoms with van der Waals surface area (Å²) in [4.78, 5) is 28.0. The number of ether oxygens (including phenoxy) is 2. The van der Waals surface area contributed by atoms with Crippen molar-refractivity contribution in [3.63, 3.8) is 0 Å². The fourth-order valence-corrected chi connectivity index (χ4v) is 3.85. The second kappa shape index (κ2) is 9.59. The lowest BCUT2D eigenvalue weighted by molar-refractivity contribution is -0.384. The van der Waals surface area contributed by atoms with Crippen LogP contribution in [0.4, 0.5) is 11.4 Å². The number of hydrogen-bond acceptors (Lipinski definition) is 7. The number of para-hydroxylation sites is 2. The topological polar surface area (TPSA) is 109 Å². The number of nitrogens with zero attached hydrogens (tertiary/aromatic N) is 3. The largest absolute Gasteiger partial charge is 0.495 e. The highest BCUT2D eigenvalue weighted by molar-refractivity contribution is 8.00. The van der Waals surface area contributed by atoms with Gasteiger partial charge in [-0.15, -0.1) is 0 Å². The van der Waals surface area contributed by atoms with Gasteiger partial charge >= 0.3 is 0 Å². The monoisotopic (exact) mass is 430 g/mol. The maximum atomic E-state index is 12.8. The Morgan fingerprint density at radius 3 is 2.77 bits per heavy atom. The van der Waals surface area contributed by atoms with E-state index in [0.29, 0.717) is 24.1 Å². The number of nitro groups is 1. The van der Waals surface area contributed by atoms with Gasteiger partial charge in [-0.3, -0.25) is 14.9 Å². The predicted molar refractivity (Wildman–Crippen MR) is 115 cm³/mol. The number of fused-ring (bicyclic) bond motifs is 1. The van der Waals surface area contributed by atoms with Gasteiger partial charge in [0.2, 0.25) is 5.91 Å². The summed E-state index contributed by atoms with van der Waals surface area (Å²) in [6, 6.07) is 11.8. The van der Waals surface area contributed by atoms with Crippen molar-refractivity contribution in [1.82, 2.24) is 9.55 Å². The van der Waals surface area contributed by atoms with Crippen molar-refractivity contribution < 1.29 is 19.2 Å². The molecule has 2 aromatic carbocycles. The molecule has 0 fully saturated rings. The van der Waals surface area contributed by atoms with Crippen LogP contribution in [0.15, 0.2) is 47.6 Å². The number of nitrogens with one attached hydrogen (secondary N) is 1. The van der Waals surface area contributed by atoms with Gasteiger partial charge in [0.1, 0.15) is 5.75 Å². The van der Waals surface area contributed by atoms with Gasteiger partial charge in [-0.25, -0.2) is 4.98 Å². The number of thioether (sulfide) groups is 1. The summed E-state index contributed by atoms with van der Waals surface area (Å²) < 4.78 is 12.4. The van der Waals surface area contributed by atoms with Crippen molar-refractivity contribution in [3.8, 4) is 5.75 Å². The molecule has 30 heavy (non-hydrogen) atoms. The van der Waals surface area contributed by atoms with Gasteiger partial charge < -0.3 is 19.4 Å². The molecule has 0 spiro atoms. The first-order chi connectivity index (χ1) is 14.4. The van der Waals surface area contributed by atoms with Crippen molar-refractivity contribution in [2.45, 2.75) is 23.9 Å². The first-order valence-electron chi connectivity index (χ1n) is 9.18. The van der Waals surface area contributed by atoms with Crippen LogP contribution in [0, 0.1) is 10.1 Å². The molecular weight excluding hydrogens is 408 g/mol. The number of imidazole rings is 1. The molecular formula is C20H22N4O5S. The van der Waals surface area contributed by atoms with Gasteiger partial charge in [0.05, 0.1) is 40.6 Å². The Hall–Kier alpha value is -3.11. The Bertz CT molecular complexity index is 1070. The third-order valence-electron chi connectivity index (χ3n) is 4.44. The molecule has 0 aliphatic carbocycles. The quantitative estimate of drug-likeness (QED) is 0.313. The first-order valence-corrected chi connectivity index (χ1v) is 10.1. The summed E-state index contributed by atoms with van der Waals surface area (Å²) in [7, 11) is 3.07. The van der Waals surface area contributed by atoms with E-state index in [1.54, 1.807) is 14.0 Å². The average Bonchev–Trinajstić information content (AvgIpc) is 3.08. The number of hydrogen-bond donors (Lipinski definition) is 1. The van der Waals surface area contributed by atoms with E-state index in [1.165, 1.54) is 37.1 Å². The third-order valence-corrected chi connectivity index (χ3v) is 5.53. The molecule has 0 radical (unpaired) electrons. The highest BCUT2D eigenvalue weighted by atomic mass is 32.2. The Balaban J connectivity index is 1.81. The van der Waals surface area contributed by atoms with Crippen molar-refractivity contribution in [3.05, 3.63) is 52.6 Å². The number of anilines is 1. The zero-order chi connectivity index (χ0) is 21.7. The van der Waals surface area contributed by atoms with Gasteiger partial charge in [-0.1, -0.05) is 23.9 Å². The molecule has 0 aliphatic rings. The highest BCUT2D eigenvalue weighted by Gasteiger charge is 2.21. The zero-order valence-electron chi connectivity index (χ0n) is 16.8. The standard InChI is InChI=1S/C20H22N4O5S/c1-13(19(25)21-16-12-14(24(26)27)8-9-18(16)29-3)30-20-22-15-6-4-5-7-17(15)23(20)10-11-28-2/h4-9,12-13H,10-11H2,1-3H3,(H,21,25). The number of rotatable bonds is 9. The van der Waals surface area contributed by atoms with Gasteiger partial charge in [0.15, 0.2) is 5.16 Å². The van der Waals surface area contributed by atoms with Crippen LogP contribution in [0.2, 0.25) is 0 Å². The Kier molecular flexibility index (Phi) is 6.91.